The number of nitrogens with zero attached hydrogens (tertiary/aromatic N) is 2. The third-order valence-corrected chi connectivity index (χ3v) is 8.59. The Hall–Kier alpha value is -4.68. The molecule has 0 radical (unpaired) electrons. The maximum absolute atomic E-state index is 10.5. The lowest BCUT2D eigenvalue weighted by molar-refractivity contribution is -0.660. The molecule has 0 N–H and O–H groups in total. The first-order chi connectivity index (χ1) is 20.8. The van der Waals surface area contributed by atoms with E-state index in [4.69, 9.17) is 4.42 Å². The zero-order valence-corrected chi connectivity index (χ0v) is 27.2. The number of benzene rings is 4. The number of aryl methyl sites for hydroxylation is 2. The summed E-state index contributed by atoms with van der Waals surface area (Å²) in [5, 5.41) is 12.4. The van der Waals surface area contributed by atoms with Gasteiger partial charge in [-0.3, -0.25) is 0 Å². The van der Waals surface area contributed by atoms with Crippen molar-refractivity contribution in [1.29, 1.82) is 5.26 Å². The number of fused-ring (bicyclic) bond motifs is 3. The Bertz CT molecular complexity index is 2070. The average Bonchev–Trinajstić information content (AvgIpc) is 3.35. The maximum Gasteiger partial charge on any atom is 0.216 e. The SMILES string of the molecule is Cc1ccc2c(oc3c(C#N)c(-c4ccc(-c5cccc(C(C)(C)C)c5)cc4)ccc32)c1-c1cc(CC(C)(C)C)cc[n+]1C. The molecule has 0 bridgehead atoms. The van der Waals surface area contributed by atoms with Crippen molar-refractivity contribution in [3.8, 4) is 39.6 Å². The van der Waals surface area contributed by atoms with Crippen molar-refractivity contribution in [2.45, 2.75) is 60.3 Å². The fraction of sp³-hybridized carbons (Fsp3) is 0.268. The van der Waals surface area contributed by atoms with Gasteiger partial charge in [0.25, 0.3) is 0 Å². The van der Waals surface area contributed by atoms with E-state index in [2.05, 4.69) is 157 Å². The third kappa shape index (κ3) is 5.42. The molecule has 0 aliphatic heterocycles. The molecule has 6 rings (SSSR count). The Labute approximate surface area is 261 Å². The quantitative estimate of drug-likeness (QED) is 0.196. The highest BCUT2D eigenvalue weighted by Crippen LogP contribution is 2.41. The largest absolute Gasteiger partial charge is 0.454 e. The van der Waals surface area contributed by atoms with Gasteiger partial charge in [0.2, 0.25) is 5.69 Å². The highest BCUT2D eigenvalue weighted by atomic mass is 16.3. The first kappa shape index (κ1) is 29.4. The summed E-state index contributed by atoms with van der Waals surface area (Å²) in [5.74, 6) is 0. The molecule has 0 aliphatic carbocycles. The van der Waals surface area contributed by atoms with Crippen LogP contribution in [-0.2, 0) is 18.9 Å². The van der Waals surface area contributed by atoms with Crippen LogP contribution in [0.1, 0.15) is 63.8 Å². The molecule has 0 unspecified atom stereocenters. The molecule has 220 valence electrons. The van der Waals surface area contributed by atoms with Gasteiger partial charge in [0.05, 0.1) is 5.56 Å². The molecule has 0 amide bonds. The number of nitriles is 1. The fourth-order valence-corrected chi connectivity index (χ4v) is 6.26. The van der Waals surface area contributed by atoms with Gasteiger partial charge in [-0.25, -0.2) is 4.57 Å². The average molecular weight is 578 g/mol. The van der Waals surface area contributed by atoms with Crippen molar-refractivity contribution in [3.63, 3.8) is 0 Å². The minimum atomic E-state index is 0.0880. The van der Waals surface area contributed by atoms with Crippen LogP contribution in [0.5, 0.6) is 0 Å². The molecule has 6 aromatic rings. The van der Waals surface area contributed by atoms with E-state index in [9.17, 15) is 5.26 Å². The van der Waals surface area contributed by atoms with Crippen LogP contribution in [0, 0.1) is 23.7 Å². The van der Waals surface area contributed by atoms with Crippen molar-refractivity contribution < 1.29 is 8.98 Å². The lowest BCUT2D eigenvalue weighted by Crippen LogP contribution is -2.31. The normalized spacial score (nSPS) is 12.2. The smallest absolute Gasteiger partial charge is 0.216 e. The zero-order valence-electron chi connectivity index (χ0n) is 27.2. The molecule has 0 aliphatic rings. The second-order valence-corrected chi connectivity index (χ2v) is 14.4. The van der Waals surface area contributed by atoms with Crippen molar-refractivity contribution in [2.24, 2.45) is 12.5 Å². The van der Waals surface area contributed by atoms with Crippen LogP contribution >= 0.6 is 0 Å². The molecule has 0 saturated heterocycles. The Balaban J connectivity index is 1.47. The van der Waals surface area contributed by atoms with E-state index in [0.717, 1.165) is 56.3 Å². The van der Waals surface area contributed by atoms with Crippen molar-refractivity contribution in [3.05, 3.63) is 113 Å². The molecule has 2 heterocycles. The van der Waals surface area contributed by atoms with Crippen LogP contribution in [-0.4, -0.2) is 0 Å². The zero-order chi connectivity index (χ0) is 31.4. The van der Waals surface area contributed by atoms with E-state index in [1.165, 1.54) is 16.7 Å². The van der Waals surface area contributed by atoms with Crippen LogP contribution in [0.15, 0.2) is 95.5 Å². The van der Waals surface area contributed by atoms with Gasteiger partial charge in [-0.15, -0.1) is 0 Å². The van der Waals surface area contributed by atoms with E-state index in [0.29, 0.717) is 11.1 Å². The van der Waals surface area contributed by atoms with E-state index in [1.807, 2.05) is 0 Å². The van der Waals surface area contributed by atoms with Gasteiger partial charge in [0.15, 0.2) is 11.8 Å². The number of furan rings is 1. The maximum atomic E-state index is 10.5. The topological polar surface area (TPSA) is 40.8 Å². The summed E-state index contributed by atoms with van der Waals surface area (Å²) in [5.41, 5.74) is 12.5. The number of hydrogen-bond donors (Lipinski definition) is 0. The first-order valence-electron chi connectivity index (χ1n) is 15.4. The lowest BCUT2D eigenvalue weighted by atomic mass is 9.85. The van der Waals surface area contributed by atoms with Gasteiger partial charge in [-0.05, 0) is 63.6 Å². The van der Waals surface area contributed by atoms with Crippen molar-refractivity contribution in [1.82, 2.24) is 0 Å². The summed E-state index contributed by atoms with van der Waals surface area (Å²) in [7, 11) is 2.08. The second kappa shape index (κ2) is 10.8. The first-order valence-corrected chi connectivity index (χ1v) is 15.4. The monoisotopic (exact) mass is 577 g/mol. The third-order valence-electron chi connectivity index (χ3n) is 8.59. The van der Waals surface area contributed by atoms with E-state index >= 15 is 0 Å². The molecule has 0 spiro atoms. The fourth-order valence-electron chi connectivity index (χ4n) is 6.26. The van der Waals surface area contributed by atoms with Gasteiger partial charge in [0.1, 0.15) is 24.3 Å². The van der Waals surface area contributed by atoms with E-state index in [-0.39, 0.29) is 10.8 Å². The Kier molecular flexibility index (Phi) is 7.21. The van der Waals surface area contributed by atoms with Gasteiger partial charge in [-0.1, -0.05) is 108 Å². The second-order valence-electron chi connectivity index (χ2n) is 14.4. The van der Waals surface area contributed by atoms with Crippen LogP contribution < -0.4 is 4.57 Å². The van der Waals surface area contributed by atoms with Gasteiger partial charge >= 0.3 is 0 Å². The highest BCUT2D eigenvalue weighted by Gasteiger charge is 2.24. The lowest BCUT2D eigenvalue weighted by Gasteiger charge is -2.20. The summed E-state index contributed by atoms with van der Waals surface area (Å²) < 4.78 is 8.86. The molecule has 0 fully saturated rings. The number of pyridine rings is 1. The number of rotatable bonds is 4. The minimum Gasteiger partial charge on any atom is -0.454 e. The van der Waals surface area contributed by atoms with Gasteiger partial charge in [0, 0.05) is 28.5 Å². The molecular formula is C41H41N2O+. The van der Waals surface area contributed by atoms with Crippen LogP contribution in [0.2, 0.25) is 0 Å². The summed E-state index contributed by atoms with van der Waals surface area (Å²) in [6, 6.07) is 32.7. The highest BCUT2D eigenvalue weighted by molar-refractivity contribution is 6.12. The summed E-state index contributed by atoms with van der Waals surface area (Å²) in [4.78, 5) is 0. The molecule has 2 aromatic heterocycles. The Morgan fingerprint density at radius 3 is 2.11 bits per heavy atom. The summed E-state index contributed by atoms with van der Waals surface area (Å²) >= 11 is 0. The predicted octanol–water partition coefficient (Wildman–Crippen LogP) is 10.5. The van der Waals surface area contributed by atoms with E-state index < -0.39 is 0 Å². The Morgan fingerprint density at radius 2 is 1.43 bits per heavy atom. The molecule has 44 heavy (non-hydrogen) atoms. The molecule has 0 atom stereocenters. The molecule has 4 aromatic carbocycles. The van der Waals surface area contributed by atoms with Gasteiger partial charge < -0.3 is 4.42 Å². The molecule has 3 nitrogen and oxygen atoms in total. The molecule has 0 saturated carbocycles. The molecule has 3 heteroatoms. The van der Waals surface area contributed by atoms with Crippen LogP contribution in [0.3, 0.4) is 0 Å². The number of hydrogen-bond acceptors (Lipinski definition) is 2. The summed E-state index contributed by atoms with van der Waals surface area (Å²) in [6.07, 6.45) is 3.12. The van der Waals surface area contributed by atoms with Crippen molar-refractivity contribution in [2.75, 3.05) is 0 Å². The Morgan fingerprint density at radius 1 is 0.750 bits per heavy atom. The number of aromatic nitrogens is 1. The van der Waals surface area contributed by atoms with Crippen LogP contribution in [0.25, 0.3) is 55.4 Å². The van der Waals surface area contributed by atoms with Crippen molar-refractivity contribution >= 4 is 21.9 Å². The predicted molar refractivity (Wildman–Crippen MR) is 183 cm³/mol. The minimum absolute atomic E-state index is 0.0880. The standard InChI is InChI=1S/C41H41N2O/c1-26-12-17-34-33-19-18-32(29-15-13-28(14-16-29)30-10-9-11-31(23-30)41(5,6)7)35(25-42)38(33)44-39(34)37(26)36-22-27(20-21-43(36)8)24-40(2,3)4/h9-23H,24H2,1-8H3/q+1. The van der Waals surface area contributed by atoms with E-state index in [1.54, 1.807) is 0 Å². The van der Waals surface area contributed by atoms with Gasteiger partial charge in [-0.2, -0.15) is 5.26 Å². The molecular weight excluding hydrogens is 536 g/mol. The summed E-state index contributed by atoms with van der Waals surface area (Å²) in [6.45, 7) is 15.6. The van der Waals surface area contributed by atoms with Crippen LogP contribution in [0.4, 0.5) is 0 Å².